The molecule has 0 amide bonds. The fourth-order valence-electron chi connectivity index (χ4n) is 2.31. The van der Waals surface area contributed by atoms with Crippen LogP contribution in [0.1, 0.15) is 11.3 Å². The third kappa shape index (κ3) is 2.28. The van der Waals surface area contributed by atoms with Crippen molar-refractivity contribution in [3.63, 3.8) is 0 Å². The quantitative estimate of drug-likeness (QED) is 0.595. The first-order valence-corrected chi connectivity index (χ1v) is 7.07. The summed E-state index contributed by atoms with van der Waals surface area (Å²) >= 11 is 3.59. The van der Waals surface area contributed by atoms with E-state index in [1.54, 1.807) is 0 Å². The molecule has 0 bridgehead atoms. The Labute approximate surface area is 121 Å². The molecule has 0 aliphatic carbocycles. The van der Waals surface area contributed by atoms with Crippen molar-refractivity contribution in [3.8, 4) is 11.3 Å². The number of aryl methyl sites for hydroxylation is 2. The summed E-state index contributed by atoms with van der Waals surface area (Å²) in [4.78, 5) is 4.72. The molecule has 2 heteroatoms. The van der Waals surface area contributed by atoms with Crippen LogP contribution in [0, 0.1) is 13.8 Å². The minimum atomic E-state index is 1.03. The normalized spacial score (nSPS) is 10.9. The molecule has 19 heavy (non-hydrogen) atoms. The molecule has 0 saturated heterocycles. The van der Waals surface area contributed by atoms with Crippen molar-refractivity contribution < 1.29 is 0 Å². The van der Waals surface area contributed by atoms with Gasteiger partial charge in [-0.25, -0.2) is 0 Å². The summed E-state index contributed by atoms with van der Waals surface area (Å²) in [5.41, 5.74) is 4.51. The number of pyridine rings is 1. The summed E-state index contributed by atoms with van der Waals surface area (Å²) < 4.78 is 1.14. The first kappa shape index (κ1) is 12.4. The Morgan fingerprint density at radius 2 is 1.68 bits per heavy atom. The van der Waals surface area contributed by atoms with E-state index in [9.17, 15) is 0 Å². The molecule has 0 fully saturated rings. The van der Waals surface area contributed by atoms with Gasteiger partial charge in [-0.3, -0.25) is 4.98 Å². The topological polar surface area (TPSA) is 12.9 Å². The van der Waals surface area contributed by atoms with Crippen LogP contribution in [0.3, 0.4) is 0 Å². The van der Waals surface area contributed by atoms with Crippen molar-refractivity contribution in [2.45, 2.75) is 13.8 Å². The fraction of sp³-hybridized carbons (Fsp3) is 0.118. The van der Waals surface area contributed by atoms with E-state index >= 15 is 0 Å². The molecule has 0 atom stereocenters. The van der Waals surface area contributed by atoms with E-state index in [-0.39, 0.29) is 0 Å². The van der Waals surface area contributed by atoms with Crippen LogP contribution >= 0.6 is 15.9 Å². The number of halogens is 1. The van der Waals surface area contributed by atoms with Crippen LogP contribution in [-0.2, 0) is 0 Å². The summed E-state index contributed by atoms with van der Waals surface area (Å²) in [6.07, 6.45) is 0. The Morgan fingerprint density at radius 3 is 2.42 bits per heavy atom. The van der Waals surface area contributed by atoms with E-state index in [0.717, 1.165) is 21.4 Å². The SMILES string of the molecule is Cc1cc2cc(-c3ccccc3)nc(C)c2cc1Br. The van der Waals surface area contributed by atoms with E-state index in [2.05, 4.69) is 60.1 Å². The maximum Gasteiger partial charge on any atom is 0.0711 e. The van der Waals surface area contributed by atoms with Gasteiger partial charge in [0.25, 0.3) is 0 Å². The second kappa shape index (κ2) is 4.78. The molecule has 0 N–H and O–H groups in total. The monoisotopic (exact) mass is 311 g/mol. The summed E-state index contributed by atoms with van der Waals surface area (Å²) in [5.74, 6) is 0. The summed E-state index contributed by atoms with van der Waals surface area (Å²) in [6, 6.07) is 16.8. The number of benzene rings is 2. The van der Waals surface area contributed by atoms with Gasteiger partial charge in [-0.15, -0.1) is 0 Å². The maximum absolute atomic E-state index is 4.72. The Morgan fingerprint density at radius 1 is 0.947 bits per heavy atom. The van der Waals surface area contributed by atoms with Gasteiger partial charge in [-0.2, -0.15) is 0 Å². The first-order chi connectivity index (χ1) is 9.15. The predicted octanol–water partition coefficient (Wildman–Crippen LogP) is 5.28. The molecule has 0 unspecified atom stereocenters. The molecule has 0 radical (unpaired) electrons. The summed E-state index contributed by atoms with van der Waals surface area (Å²) in [7, 11) is 0. The third-order valence-corrected chi connectivity index (χ3v) is 4.22. The van der Waals surface area contributed by atoms with Crippen LogP contribution in [0.15, 0.2) is 53.0 Å². The van der Waals surface area contributed by atoms with Crippen LogP contribution in [0.5, 0.6) is 0 Å². The largest absolute Gasteiger partial charge is 0.252 e. The van der Waals surface area contributed by atoms with Crippen LogP contribution in [-0.4, -0.2) is 4.98 Å². The number of fused-ring (bicyclic) bond motifs is 1. The van der Waals surface area contributed by atoms with E-state index < -0.39 is 0 Å². The first-order valence-electron chi connectivity index (χ1n) is 6.28. The van der Waals surface area contributed by atoms with Gasteiger partial charge >= 0.3 is 0 Å². The van der Waals surface area contributed by atoms with Crippen LogP contribution < -0.4 is 0 Å². The highest BCUT2D eigenvalue weighted by Gasteiger charge is 2.06. The molecule has 3 rings (SSSR count). The molecule has 0 spiro atoms. The number of aromatic nitrogens is 1. The molecule has 1 heterocycles. The van der Waals surface area contributed by atoms with E-state index in [0.29, 0.717) is 0 Å². The van der Waals surface area contributed by atoms with Crippen molar-refractivity contribution in [1.82, 2.24) is 4.98 Å². The average molecular weight is 312 g/mol. The molecule has 0 aliphatic heterocycles. The zero-order valence-corrected chi connectivity index (χ0v) is 12.5. The third-order valence-electron chi connectivity index (χ3n) is 3.37. The lowest BCUT2D eigenvalue weighted by molar-refractivity contribution is 1.23. The predicted molar refractivity (Wildman–Crippen MR) is 84.4 cm³/mol. The molecule has 94 valence electrons. The number of hydrogen-bond acceptors (Lipinski definition) is 1. The minimum absolute atomic E-state index is 1.03. The molecule has 0 saturated carbocycles. The van der Waals surface area contributed by atoms with Gasteiger partial charge in [0.05, 0.1) is 5.69 Å². The molecular formula is C17H14BrN. The molecular weight excluding hydrogens is 298 g/mol. The zero-order chi connectivity index (χ0) is 13.4. The lowest BCUT2D eigenvalue weighted by Crippen LogP contribution is -1.90. The highest BCUT2D eigenvalue weighted by Crippen LogP contribution is 2.29. The van der Waals surface area contributed by atoms with Gasteiger partial charge in [-0.05, 0) is 36.9 Å². The highest BCUT2D eigenvalue weighted by molar-refractivity contribution is 9.10. The maximum atomic E-state index is 4.72. The van der Waals surface area contributed by atoms with Gasteiger partial charge in [0.1, 0.15) is 0 Å². The second-order valence-electron chi connectivity index (χ2n) is 4.78. The van der Waals surface area contributed by atoms with Crippen molar-refractivity contribution in [3.05, 3.63) is 64.3 Å². The zero-order valence-electron chi connectivity index (χ0n) is 10.9. The van der Waals surface area contributed by atoms with Crippen molar-refractivity contribution >= 4 is 26.7 Å². The van der Waals surface area contributed by atoms with Gasteiger partial charge in [0.15, 0.2) is 0 Å². The Kier molecular flexibility index (Phi) is 3.11. The Bertz CT molecular complexity index is 748. The second-order valence-corrected chi connectivity index (χ2v) is 5.64. The smallest absolute Gasteiger partial charge is 0.0711 e. The van der Waals surface area contributed by atoms with Gasteiger partial charge < -0.3 is 0 Å². The van der Waals surface area contributed by atoms with Gasteiger partial charge in [0.2, 0.25) is 0 Å². The number of hydrogen-bond donors (Lipinski definition) is 0. The van der Waals surface area contributed by atoms with Crippen molar-refractivity contribution in [2.75, 3.05) is 0 Å². The summed E-state index contributed by atoms with van der Waals surface area (Å²) in [6.45, 7) is 4.18. The summed E-state index contributed by atoms with van der Waals surface area (Å²) in [5, 5.41) is 2.45. The molecule has 1 aromatic heterocycles. The average Bonchev–Trinajstić information content (AvgIpc) is 2.42. The van der Waals surface area contributed by atoms with E-state index in [1.807, 2.05) is 18.2 Å². The van der Waals surface area contributed by atoms with Gasteiger partial charge in [0, 0.05) is 21.1 Å². The van der Waals surface area contributed by atoms with Crippen molar-refractivity contribution in [2.24, 2.45) is 0 Å². The Hall–Kier alpha value is -1.67. The highest BCUT2D eigenvalue weighted by atomic mass is 79.9. The Balaban J connectivity index is 2.28. The van der Waals surface area contributed by atoms with Gasteiger partial charge in [-0.1, -0.05) is 52.3 Å². The molecule has 0 aliphatic rings. The standard InChI is InChI=1S/C17H14BrN/c1-11-8-14-9-17(13-6-4-3-5-7-13)19-12(2)15(14)10-16(11)18/h3-10H,1-2H3. The number of nitrogens with zero attached hydrogens (tertiary/aromatic N) is 1. The lowest BCUT2D eigenvalue weighted by atomic mass is 10.0. The fourth-order valence-corrected chi connectivity index (χ4v) is 2.66. The minimum Gasteiger partial charge on any atom is -0.252 e. The van der Waals surface area contributed by atoms with Crippen LogP contribution in [0.4, 0.5) is 0 Å². The van der Waals surface area contributed by atoms with Crippen LogP contribution in [0.2, 0.25) is 0 Å². The molecule has 1 nitrogen and oxygen atoms in total. The van der Waals surface area contributed by atoms with Crippen molar-refractivity contribution in [1.29, 1.82) is 0 Å². The number of rotatable bonds is 1. The molecule has 2 aromatic carbocycles. The lowest BCUT2D eigenvalue weighted by Gasteiger charge is -2.09. The van der Waals surface area contributed by atoms with Crippen LogP contribution in [0.25, 0.3) is 22.0 Å². The molecule has 3 aromatic rings. The van der Waals surface area contributed by atoms with E-state index in [4.69, 9.17) is 4.98 Å². The van der Waals surface area contributed by atoms with E-state index in [1.165, 1.54) is 16.3 Å².